The molecule has 1 aromatic rings. The maximum atomic E-state index is 12.0. The van der Waals surface area contributed by atoms with Crippen molar-refractivity contribution < 1.29 is 9.59 Å². The van der Waals surface area contributed by atoms with Crippen molar-refractivity contribution in [2.24, 2.45) is 5.41 Å². The molecule has 1 saturated heterocycles. The summed E-state index contributed by atoms with van der Waals surface area (Å²) >= 11 is 0. The van der Waals surface area contributed by atoms with Crippen LogP contribution in [-0.2, 0) is 16.0 Å². The van der Waals surface area contributed by atoms with Gasteiger partial charge >= 0.3 is 0 Å². The highest BCUT2D eigenvalue weighted by atomic mass is 16.2. The second-order valence-corrected chi connectivity index (χ2v) is 5.01. The second kappa shape index (κ2) is 5.21. The van der Waals surface area contributed by atoms with Crippen LogP contribution in [0.5, 0.6) is 0 Å². The lowest BCUT2D eigenvalue weighted by molar-refractivity contribution is -0.131. The van der Waals surface area contributed by atoms with E-state index in [1.165, 1.54) is 5.56 Å². The monoisotopic (exact) mass is 246 g/mol. The Balaban J connectivity index is 1.80. The van der Waals surface area contributed by atoms with Gasteiger partial charge in [0.2, 0.25) is 11.8 Å². The van der Waals surface area contributed by atoms with E-state index in [9.17, 15) is 9.59 Å². The zero-order valence-corrected chi connectivity index (χ0v) is 10.5. The van der Waals surface area contributed by atoms with E-state index in [2.05, 4.69) is 10.6 Å². The highest BCUT2D eigenvalue weighted by Gasteiger charge is 2.40. The van der Waals surface area contributed by atoms with Crippen molar-refractivity contribution in [2.45, 2.75) is 19.8 Å². The molecule has 0 spiro atoms. The minimum Gasteiger partial charge on any atom is -0.355 e. The third kappa shape index (κ3) is 2.88. The summed E-state index contributed by atoms with van der Waals surface area (Å²) in [6, 6.07) is 10.0. The molecule has 1 heterocycles. The zero-order chi connectivity index (χ0) is 13.0. The Morgan fingerprint density at radius 2 is 2.11 bits per heavy atom. The van der Waals surface area contributed by atoms with Gasteiger partial charge in [-0.05, 0) is 18.9 Å². The molecule has 96 valence electrons. The van der Waals surface area contributed by atoms with Gasteiger partial charge in [-0.3, -0.25) is 9.59 Å². The number of rotatable bonds is 4. The van der Waals surface area contributed by atoms with E-state index in [4.69, 9.17) is 0 Å². The minimum absolute atomic E-state index is 0.0446. The van der Waals surface area contributed by atoms with E-state index in [1.54, 1.807) is 0 Å². The Bertz CT molecular complexity index is 444. The smallest absolute Gasteiger partial charge is 0.228 e. The van der Waals surface area contributed by atoms with Crippen molar-refractivity contribution in [1.82, 2.24) is 10.6 Å². The Labute approximate surface area is 107 Å². The van der Waals surface area contributed by atoms with Crippen LogP contribution in [0, 0.1) is 5.41 Å². The molecule has 1 fully saturated rings. The van der Waals surface area contributed by atoms with Crippen LogP contribution in [0.25, 0.3) is 0 Å². The average molecular weight is 246 g/mol. The third-order valence-electron chi connectivity index (χ3n) is 3.32. The van der Waals surface area contributed by atoms with Gasteiger partial charge in [0, 0.05) is 19.5 Å². The topological polar surface area (TPSA) is 58.2 Å². The van der Waals surface area contributed by atoms with E-state index in [-0.39, 0.29) is 18.2 Å². The predicted octanol–water partition coefficient (Wildman–Crippen LogP) is 0.872. The summed E-state index contributed by atoms with van der Waals surface area (Å²) in [5, 5.41) is 5.60. The first-order valence-electron chi connectivity index (χ1n) is 6.19. The van der Waals surface area contributed by atoms with Gasteiger partial charge in [0.1, 0.15) is 0 Å². The van der Waals surface area contributed by atoms with Crippen molar-refractivity contribution in [3.05, 3.63) is 35.9 Å². The molecule has 0 bridgehead atoms. The minimum atomic E-state index is -0.590. The van der Waals surface area contributed by atoms with E-state index in [0.717, 1.165) is 6.42 Å². The van der Waals surface area contributed by atoms with E-state index >= 15 is 0 Å². The summed E-state index contributed by atoms with van der Waals surface area (Å²) in [4.78, 5) is 23.2. The molecule has 1 unspecified atom stereocenters. The van der Waals surface area contributed by atoms with Crippen LogP contribution in [0.4, 0.5) is 0 Å². The average Bonchev–Trinajstić information content (AvgIpc) is 2.72. The fourth-order valence-electron chi connectivity index (χ4n) is 2.11. The molecule has 2 rings (SSSR count). The van der Waals surface area contributed by atoms with Gasteiger partial charge in [-0.2, -0.15) is 0 Å². The van der Waals surface area contributed by atoms with Crippen LogP contribution in [-0.4, -0.2) is 24.9 Å². The van der Waals surface area contributed by atoms with Gasteiger partial charge < -0.3 is 10.6 Å². The summed E-state index contributed by atoms with van der Waals surface area (Å²) in [5.41, 5.74) is 0.608. The van der Waals surface area contributed by atoms with Crippen LogP contribution in [0.3, 0.4) is 0 Å². The number of hydrogen-bond donors (Lipinski definition) is 2. The van der Waals surface area contributed by atoms with Gasteiger partial charge in [0.15, 0.2) is 0 Å². The lowest BCUT2D eigenvalue weighted by atomic mass is 9.88. The number of nitrogens with one attached hydrogen (secondary N) is 2. The molecule has 18 heavy (non-hydrogen) atoms. The van der Waals surface area contributed by atoms with Crippen LogP contribution in [0.15, 0.2) is 30.3 Å². The molecule has 2 amide bonds. The molecule has 0 saturated carbocycles. The lowest BCUT2D eigenvalue weighted by Gasteiger charge is -2.20. The summed E-state index contributed by atoms with van der Waals surface area (Å²) < 4.78 is 0. The molecule has 1 aliphatic rings. The zero-order valence-electron chi connectivity index (χ0n) is 10.5. The number of carbonyl (C=O) groups excluding carboxylic acids is 2. The SMILES string of the molecule is CC1(C(=O)NCCc2ccccc2)CNC(=O)C1. The van der Waals surface area contributed by atoms with Crippen LogP contribution < -0.4 is 10.6 Å². The first-order chi connectivity index (χ1) is 8.60. The fraction of sp³-hybridized carbons (Fsp3) is 0.429. The fourth-order valence-corrected chi connectivity index (χ4v) is 2.11. The Morgan fingerprint density at radius 1 is 1.39 bits per heavy atom. The van der Waals surface area contributed by atoms with Gasteiger partial charge in [0.05, 0.1) is 5.41 Å². The first kappa shape index (κ1) is 12.6. The van der Waals surface area contributed by atoms with Gasteiger partial charge in [-0.15, -0.1) is 0 Å². The van der Waals surface area contributed by atoms with E-state index in [0.29, 0.717) is 13.1 Å². The van der Waals surface area contributed by atoms with Gasteiger partial charge in [-0.1, -0.05) is 30.3 Å². The quantitative estimate of drug-likeness (QED) is 0.828. The highest BCUT2D eigenvalue weighted by Crippen LogP contribution is 2.25. The van der Waals surface area contributed by atoms with E-state index in [1.807, 2.05) is 37.3 Å². The summed E-state index contributed by atoms with van der Waals surface area (Å²) in [5.74, 6) is -0.0903. The summed E-state index contributed by atoms with van der Waals surface area (Å²) in [6.45, 7) is 2.86. The predicted molar refractivity (Wildman–Crippen MR) is 68.9 cm³/mol. The number of benzene rings is 1. The first-order valence-corrected chi connectivity index (χ1v) is 6.19. The summed E-state index contributed by atoms with van der Waals surface area (Å²) in [6.07, 6.45) is 1.09. The van der Waals surface area contributed by atoms with Crippen LogP contribution in [0.2, 0.25) is 0 Å². The van der Waals surface area contributed by atoms with Crippen molar-refractivity contribution in [1.29, 1.82) is 0 Å². The molecule has 0 aliphatic carbocycles. The van der Waals surface area contributed by atoms with Crippen LogP contribution in [0.1, 0.15) is 18.9 Å². The molecular formula is C14H18N2O2. The van der Waals surface area contributed by atoms with Crippen molar-refractivity contribution in [3.63, 3.8) is 0 Å². The largest absolute Gasteiger partial charge is 0.355 e. The third-order valence-corrected chi connectivity index (χ3v) is 3.32. The molecule has 0 radical (unpaired) electrons. The maximum Gasteiger partial charge on any atom is 0.228 e. The van der Waals surface area contributed by atoms with E-state index < -0.39 is 5.41 Å². The molecule has 4 nitrogen and oxygen atoms in total. The molecule has 4 heteroatoms. The summed E-state index contributed by atoms with van der Waals surface area (Å²) in [7, 11) is 0. The van der Waals surface area contributed by atoms with Crippen molar-refractivity contribution >= 4 is 11.8 Å². The van der Waals surface area contributed by atoms with Crippen molar-refractivity contribution in [2.75, 3.05) is 13.1 Å². The molecule has 2 N–H and O–H groups in total. The molecule has 0 aromatic heterocycles. The van der Waals surface area contributed by atoms with Gasteiger partial charge in [0.25, 0.3) is 0 Å². The number of carbonyl (C=O) groups is 2. The maximum absolute atomic E-state index is 12.0. The highest BCUT2D eigenvalue weighted by molar-refractivity contribution is 5.92. The van der Waals surface area contributed by atoms with Crippen molar-refractivity contribution in [3.8, 4) is 0 Å². The Morgan fingerprint density at radius 3 is 2.72 bits per heavy atom. The molecule has 1 aromatic carbocycles. The second-order valence-electron chi connectivity index (χ2n) is 5.01. The Kier molecular flexibility index (Phi) is 3.65. The number of amides is 2. The standard InChI is InChI=1S/C14H18N2O2/c1-14(9-12(17)16-10-14)13(18)15-8-7-11-5-3-2-4-6-11/h2-6H,7-10H2,1H3,(H,15,18)(H,16,17). The normalized spacial score (nSPS) is 22.6. The molecule has 1 aliphatic heterocycles. The number of hydrogen-bond acceptors (Lipinski definition) is 2. The van der Waals surface area contributed by atoms with Gasteiger partial charge in [-0.25, -0.2) is 0 Å². The Hall–Kier alpha value is -1.84. The molecular weight excluding hydrogens is 228 g/mol. The molecule has 1 atom stereocenters. The lowest BCUT2D eigenvalue weighted by Crippen LogP contribution is -2.41. The van der Waals surface area contributed by atoms with Crippen LogP contribution >= 0.6 is 0 Å².